The first-order chi connectivity index (χ1) is 8.97. The Labute approximate surface area is 115 Å². The lowest BCUT2D eigenvalue weighted by molar-refractivity contribution is -0.123. The van der Waals surface area contributed by atoms with E-state index in [1.807, 2.05) is 7.05 Å². The molecule has 0 spiro atoms. The molecule has 2 N–H and O–H groups in total. The highest BCUT2D eigenvalue weighted by Crippen LogP contribution is 2.27. The van der Waals surface area contributed by atoms with Gasteiger partial charge in [0.05, 0.1) is 0 Å². The summed E-state index contributed by atoms with van der Waals surface area (Å²) in [6.07, 6.45) is 3.92. The number of hydrogen-bond acceptors (Lipinski definition) is 2. The summed E-state index contributed by atoms with van der Waals surface area (Å²) in [7, 11) is 1.87. The van der Waals surface area contributed by atoms with E-state index in [0.29, 0.717) is 0 Å². The maximum Gasteiger partial charge on any atom is 0.229 e. The summed E-state index contributed by atoms with van der Waals surface area (Å²) < 4.78 is 0. The molecule has 19 heavy (non-hydrogen) atoms. The van der Waals surface area contributed by atoms with E-state index in [4.69, 9.17) is 5.73 Å². The molecular weight excluding hydrogens is 236 g/mol. The van der Waals surface area contributed by atoms with Crippen LogP contribution in [0.25, 0.3) is 0 Å². The average Bonchev–Trinajstić information content (AvgIpc) is 2.36. The summed E-state index contributed by atoms with van der Waals surface area (Å²) in [6.45, 7) is 4.12. The van der Waals surface area contributed by atoms with Gasteiger partial charge < -0.3 is 10.6 Å². The summed E-state index contributed by atoms with van der Waals surface area (Å²) in [5, 5.41) is 0. The van der Waals surface area contributed by atoms with Crippen LogP contribution in [0.1, 0.15) is 36.8 Å². The number of nitrogens with two attached hydrogens (primary N) is 1. The topological polar surface area (TPSA) is 46.3 Å². The SMILES string of the molecule is Cc1cc(C)cc(N(C)C(=O)C2CCCC(N)C2)c1. The first kappa shape index (κ1) is 14.1. The summed E-state index contributed by atoms with van der Waals surface area (Å²) in [5.41, 5.74) is 9.35. The lowest BCUT2D eigenvalue weighted by Gasteiger charge is -2.29. The second kappa shape index (κ2) is 5.74. The first-order valence-corrected chi connectivity index (χ1v) is 7.09. The molecule has 1 saturated carbocycles. The van der Waals surface area contributed by atoms with Crippen molar-refractivity contribution in [2.45, 2.75) is 45.6 Å². The van der Waals surface area contributed by atoms with Gasteiger partial charge in [-0.25, -0.2) is 0 Å². The van der Waals surface area contributed by atoms with Crippen molar-refractivity contribution in [1.82, 2.24) is 0 Å². The molecule has 1 aromatic rings. The molecule has 0 aromatic heterocycles. The van der Waals surface area contributed by atoms with Gasteiger partial charge in [0.15, 0.2) is 0 Å². The van der Waals surface area contributed by atoms with Gasteiger partial charge in [-0.2, -0.15) is 0 Å². The number of amides is 1. The average molecular weight is 260 g/mol. The molecule has 2 atom stereocenters. The Morgan fingerprint density at radius 2 is 1.84 bits per heavy atom. The minimum atomic E-state index is 0.0922. The fraction of sp³-hybridized carbons (Fsp3) is 0.562. The van der Waals surface area contributed by atoms with Crippen LogP contribution in [0.4, 0.5) is 5.69 Å². The molecule has 3 heteroatoms. The smallest absolute Gasteiger partial charge is 0.229 e. The Morgan fingerprint density at radius 3 is 2.42 bits per heavy atom. The third-order valence-corrected chi connectivity index (χ3v) is 3.99. The van der Waals surface area contributed by atoms with Crippen LogP contribution in [0, 0.1) is 19.8 Å². The van der Waals surface area contributed by atoms with Gasteiger partial charge in [0.2, 0.25) is 5.91 Å². The highest BCUT2D eigenvalue weighted by atomic mass is 16.2. The number of carbonyl (C=O) groups is 1. The van der Waals surface area contributed by atoms with Crippen molar-refractivity contribution in [3.8, 4) is 0 Å². The molecule has 1 aliphatic rings. The third kappa shape index (κ3) is 3.35. The largest absolute Gasteiger partial charge is 0.328 e. The number of anilines is 1. The molecule has 1 amide bonds. The number of nitrogens with zero attached hydrogens (tertiary/aromatic N) is 1. The van der Waals surface area contributed by atoms with Crippen molar-refractivity contribution in [2.75, 3.05) is 11.9 Å². The van der Waals surface area contributed by atoms with E-state index < -0.39 is 0 Å². The Bertz CT molecular complexity index is 450. The highest BCUT2D eigenvalue weighted by molar-refractivity contribution is 5.94. The molecule has 0 bridgehead atoms. The molecule has 0 aliphatic heterocycles. The van der Waals surface area contributed by atoms with Crippen LogP contribution in [0.5, 0.6) is 0 Å². The van der Waals surface area contributed by atoms with E-state index in [2.05, 4.69) is 32.0 Å². The van der Waals surface area contributed by atoms with Crippen LogP contribution in [-0.2, 0) is 4.79 Å². The molecule has 2 unspecified atom stereocenters. The maximum absolute atomic E-state index is 12.5. The minimum Gasteiger partial charge on any atom is -0.328 e. The molecule has 1 fully saturated rings. The Balaban J connectivity index is 2.13. The quantitative estimate of drug-likeness (QED) is 0.888. The van der Waals surface area contributed by atoms with Crippen molar-refractivity contribution in [3.63, 3.8) is 0 Å². The highest BCUT2D eigenvalue weighted by Gasteiger charge is 2.28. The van der Waals surface area contributed by atoms with Gasteiger partial charge >= 0.3 is 0 Å². The minimum absolute atomic E-state index is 0.0922. The van der Waals surface area contributed by atoms with E-state index in [-0.39, 0.29) is 17.9 Å². The fourth-order valence-electron chi connectivity index (χ4n) is 3.00. The van der Waals surface area contributed by atoms with Gasteiger partial charge in [0.25, 0.3) is 0 Å². The van der Waals surface area contributed by atoms with Crippen molar-refractivity contribution in [2.24, 2.45) is 11.7 Å². The summed E-state index contributed by atoms with van der Waals surface area (Å²) >= 11 is 0. The van der Waals surface area contributed by atoms with Crippen LogP contribution < -0.4 is 10.6 Å². The van der Waals surface area contributed by atoms with E-state index >= 15 is 0 Å². The number of hydrogen-bond donors (Lipinski definition) is 1. The van der Waals surface area contributed by atoms with Gasteiger partial charge in [-0.1, -0.05) is 12.5 Å². The van der Waals surface area contributed by atoms with Crippen molar-refractivity contribution in [3.05, 3.63) is 29.3 Å². The zero-order chi connectivity index (χ0) is 14.0. The van der Waals surface area contributed by atoms with Gasteiger partial charge in [-0.05, 0) is 56.4 Å². The standard InChI is InChI=1S/C16H24N2O/c1-11-7-12(2)9-15(8-11)18(3)16(19)13-5-4-6-14(17)10-13/h7-9,13-14H,4-6,10,17H2,1-3H3. The fourth-order valence-corrected chi connectivity index (χ4v) is 3.00. The molecule has 0 saturated heterocycles. The monoisotopic (exact) mass is 260 g/mol. The molecule has 2 rings (SSSR count). The van der Waals surface area contributed by atoms with Gasteiger partial charge in [-0.3, -0.25) is 4.79 Å². The number of carbonyl (C=O) groups excluding carboxylic acids is 1. The molecule has 0 heterocycles. The van der Waals surface area contributed by atoms with Crippen LogP contribution in [0.15, 0.2) is 18.2 Å². The predicted molar refractivity (Wildman–Crippen MR) is 79.3 cm³/mol. The van der Waals surface area contributed by atoms with E-state index in [1.54, 1.807) is 4.90 Å². The first-order valence-electron chi connectivity index (χ1n) is 7.09. The van der Waals surface area contributed by atoms with Gasteiger partial charge in [0.1, 0.15) is 0 Å². The predicted octanol–water partition coefficient (Wildman–Crippen LogP) is 2.78. The lowest BCUT2D eigenvalue weighted by Crippen LogP contribution is -2.38. The van der Waals surface area contributed by atoms with E-state index in [0.717, 1.165) is 31.4 Å². The van der Waals surface area contributed by atoms with Crippen LogP contribution >= 0.6 is 0 Å². The van der Waals surface area contributed by atoms with E-state index in [9.17, 15) is 4.79 Å². The lowest BCUT2D eigenvalue weighted by atomic mass is 9.85. The van der Waals surface area contributed by atoms with Crippen LogP contribution in [-0.4, -0.2) is 19.0 Å². The van der Waals surface area contributed by atoms with Crippen molar-refractivity contribution >= 4 is 11.6 Å². The molecule has 3 nitrogen and oxygen atoms in total. The summed E-state index contributed by atoms with van der Waals surface area (Å²) in [4.78, 5) is 14.3. The number of rotatable bonds is 2. The van der Waals surface area contributed by atoms with Crippen molar-refractivity contribution < 1.29 is 4.79 Å². The van der Waals surface area contributed by atoms with Gasteiger partial charge in [-0.15, -0.1) is 0 Å². The zero-order valence-electron chi connectivity index (χ0n) is 12.1. The summed E-state index contributed by atoms with van der Waals surface area (Å²) in [6, 6.07) is 6.44. The third-order valence-electron chi connectivity index (χ3n) is 3.99. The molecule has 0 radical (unpaired) electrons. The summed E-state index contributed by atoms with van der Waals surface area (Å²) in [5.74, 6) is 0.301. The second-order valence-electron chi connectivity index (χ2n) is 5.87. The Kier molecular flexibility index (Phi) is 4.25. The zero-order valence-corrected chi connectivity index (χ0v) is 12.1. The van der Waals surface area contributed by atoms with Crippen LogP contribution in [0.2, 0.25) is 0 Å². The Morgan fingerprint density at radius 1 is 1.21 bits per heavy atom. The Hall–Kier alpha value is -1.35. The second-order valence-corrected chi connectivity index (χ2v) is 5.87. The normalized spacial score (nSPS) is 23.2. The van der Waals surface area contributed by atoms with Crippen molar-refractivity contribution in [1.29, 1.82) is 0 Å². The molecule has 1 aliphatic carbocycles. The maximum atomic E-state index is 12.5. The van der Waals surface area contributed by atoms with Gasteiger partial charge in [0, 0.05) is 24.7 Å². The number of aryl methyl sites for hydroxylation is 2. The molecular formula is C16H24N2O. The molecule has 1 aromatic carbocycles. The van der Waals surface area contributed by atoms with E-state index in [1.165, 1.54) is 11.1 Å². The number of benzene rings is 1. The molecule has 104 valence electrons. The van der Waals surface area contributed by atoms with Crippen LogP contribution in [0.3, 0.4) is 0 Å².